The van der Waals surface area contributed by atoms with Gasteiger partial charge in [-0.2, -0.15) is 0 Å². The highest BCUT2D eigenvalue weighted by Crippen LogP contribution is 2.17. The van der Waals surface area contributed by atoms with Gasteiger partial charge in [0.1, 0.15) is 0 Å². The lowest BCUT2D eigenvalue weighted by Gasteiger charge is -2.32. The number of aliphatic hydroxyl groups is 1. The summed E-state index contributed by atoms with van der Waals surface area (Å²) in [6, 6.07) is 3.86. The standard InChI is InChI=1S/C14H20N2O2/c1-11-4-2-6-15-13(11)8-14(18)16-7-3-5-12(9-16)10-17/h2,4,6,12,17H,3,5,7-10H2,1H3. The highest BCUT2D eigenvalue weighted by molar-refractivity contribution is 5.78. The maximum absolute atomic E-state index is 12.2. The molecule has 0 radical (unpaired) electrons. The Kier molecular flexibility index (Phi) is 4.31. The number of likely N-dealkylation sites (tertiary alicyclic amines) is 1. The summed E-state index contributed by atoms with van der Waals surface area (Å²) in [5.41, 5.74) is 1.91. The van der Waals surface area contributed by atoms with Gasteiger partial charge in [-0.3, -0.25) is 9.78 Å². The molecule has 1 amide bonds. The lowest BCUT2D eigenvalue weighted by atomic mass is 9.98. The normalized spacial score (nSPS) is 19.9. The number of carbonyl (C=O) groups excluding carboxylic acids is 1. The number of pyridine rings is 1. The average Bonchev–Trinajstić information content (AvgIpc) is 2.41. The first-order valence-electron chi connectivity index (χ1n) is 6.50. The van der Waals surface area contributed by atoms with E-state index in [4.69, 9.17) is 0 Å². The molecule has 1 aromatic heterocycles. The van der Waals surface area contributed by atoms with Gasteiger partial charge in [-0.25, -0.2) is 0 Å². The smallest absolute Gasteiger partial charge is 0.228 e. The predicted octanol–water partition coefficient (Wildman–Crippen LogP) is 1.16. The Morgan fingerprint density at radius 2 is 2.44 bits per heavy atom. The van der Waals surface area contributed by atoms with Crippen LogP contribution >= 0.6 is 0 Å². The number of hydrogen-bond acceptors (Lipinski definition) is 3. The molecule has 1 saturated heterocycles. The van der Waals surface area contributed by atoms with Crippen LogP contribution in [0.4, 0.5) is 0 Å². The van der Waals surface area contributed by atoms with Crippen LogP contribution in [0, 0.1) is 12.8 Å². The molecule has 1 aliphatic rings. The van der Waals surface area contributed by atoms with E-state index >= 15 is 0 Å². The summed E-state index contributed by atoms with van der Waals surface area (Å²) in [5, 5.41) is 9.17. The molecule has 1 atom stereocenters. The second-order valence-corrected chi connectivity index (χ2v) is 4.97. The van der Waals surface area contributed by atoms with Gasteiger partial charge in [0, 0.05) is 25.9 Å². The van der Waals surface area contributed by atoms with Crippen LogP contribution in [-0.2, 0) is 11.2 Å². The molecular formula is C14H20N2O2. The number of aliphatic hydroxyl groups excluding tert-OH is 1. The Morgan fingerprint density at radius 3 is 3.17 bits per heavy atom. The first-order chi connectivity index (χ1) is 8.70. The number of aromatic nitrogens is 1. The van der Waals surface area contributed by atoms with Gasteiger partial charge < -0.3 is 10.0 Å². The fraction of sp³-hybridized carbons (Fsp3) is 0.571. The molecule has 1 fully saturated rings. The van der Waals surface area contributed by atoms with E-state index < -0.39 is 0 Å². The quantitative estimate of drug-likeness (QED) is 0.873. The summed E-state index contributed by atoms with van der Waals surface area (Å²) in [5.74, 6) is 0.363. The molecule has 2 heterocycles. The predicted molar refractivity (Wildman–Crippen MR) is 69.1 cm³/mol. The number of piperidine rings is 1. The Morgan fingerprint density at radius 1 is 1.61 bits per heavy atom. The third-order valence-corrected chi connectivity index (χ3v) is 3.57. The van der Waals surface area contributed by atoms with Gasteiger partial charge >= 0.3 is 0 Å². The van der Waals surface area contributed by atoms with Crippen molar-refractivity contribution in [3.63, 3.8) is 0 Å². The van der Waals surface area contributed by atoms with E-state index in [1.807, 2.05) is 24.0 Å². The van der Waals surface area contributed by atoms with Crippen molar-refractivity contribution in [1.29, 1.82) is 0 Å². The fourth-order valence-corrected chi connectivity index (χ4v) is 2.40. The van der Waals surface area contributed by atoms with Crippen molar-refractivity contribution in [1.82, 2.24) is 9.88 Å². The minimum atomic E-state index is 0.120. The van der Waals surface area contributed by atoms with Gasteiger partial charge in [-0.1, -0.05) is 6.07 Å². The minimum absolute atomic E-state index is 0.120. The maximum Gasteiger partial charge on any atom is 0.228 e. The van der Waals surface area contributed by atoms with Crippen molar-refractivity contribution in [2.24, 2.45) is 5.92 Å². The van der Waals surface area contributed by atoms with E-state index in [0.29, 0.717) is 13.0 Å². The van der Waals surface area contributed by atoms with Crippen LogP contribution in [0.3, 0.4) is 0 Å². The number of nitrogens with zero attached hydrogens (tertiary/aromatic N) is 2. The summed E-state index contributed by atoms with van der Waals surface area (Å²) in [6.45, 7) is 3.64. The van der Waals surface area contributed by atoms with Gasteiger partial charge in [-0.05, 0) is 37.3 Å². The molecule has 1 N–H and O–H groups in total. The minimum Gasteiger partial charge on any atom is -0.396 e. The zero-order valence-corrected chi connectivity index (χ0v) is 10.8. The molecule has 1 aliphatic heterocycles. The topological polar surface area (TPSA) is 53.4 Å². The van der Waals surface area contributed by atoms with Gasteiger partial charge in [-0.15, -0.1) is 0 Å². The number of amides is 1. The van der Waals surface area contributed by atoms with E-state index in [0.717, 1.165) is 30.6 Å². The Hall–Kier alpha value is -1.42. The molecule has 0 saturated carbocycles. The molecule has 0 aliphatic carbocycles. The van der Waals surface area contributed by atoms with Crippen LogP contribution in [0.2, 0.25) is 0 Å². The van der Waals surface area contributed by atoms with E-state index in [2.05, 4.69) is 4.98 Å². The molecule has 0 bridgehead atoms. The van der Waals surface area contributed by atoms with Crippen molar-refractivity contribution < 1.29 is 9.90 Å². The van der Waals surface area contributed by atoms with Crippen LogP contribution in [0.1, 0.15) is 24.1 Å². The van der Waals surface area contributed by atoms with Crippen molar-refractivity contribution in [2.75, 3.05) is 19.7 Å². The Bertz CT molecular complexity index is 420. The van der Waals surface area contributed by atoms with Crippen molar-refractivity contribution in [2.45, 2.75) is 26.2 Å². The zero-order chi connectivity index (χ0) is 13.0. The summed E-state index contributed by atoms with van der Waals surface area (Å²) >= 11 is 0. The lowest BCUT2D eigenvalue weighted by Crippen LogP contribution is -2.41. The van der Waals surface area contributed by atoms with Crippen LogP contribution in [0.5, 0.6) is 0 Å². The van der Waals surface area contributed by atoms with Gasteiger partial charge in [0.2, 0.25) is 5.91 Å². The second-order valence-electron chi connectivity index (χ2n) is 4.97. The number of carbonyl (C=O) groups is 1. The van der Waals surface area contributed by atoms with Gasteiger partial charge in [0.25, 0.3) is 0 Å². The molecule has 4 heteroatoms. The van der Waals surface area contributed by atoms with Crippen molar-refractivity contribution in [3.05, 3.63) is 29.6 Å². The third kappa shape index (κ3) is 3.07. The van der Waals surface area contributed by atoms with Gasteiger partial charge in [0.15, 0.2) is 0 Å². The van der Waals surface area contributed by atoms with Crippen LogP contribution in [-0.4, -0.2) is 40.6 Å². The molecule has 1 unspecified atom stereocenters. The third-order valence-electron chi connectivity index (χ3n) is 3.57. The van der Waals surface area contributed by atoms with E-state index in [-0.39, 0.29) is 18.4 Å². The first-order valence-corrected chi connectivity index (χ1v) is 6.50. The highest BCUT2D eigenvalue weighted by atomic mass is 16.3. The average molecular weight is 248 g/mol. The fourth-order valence-electron chi connectivity index (χ4n) is 2.40. The van der Waals surface area contributed by atoms with Crippen LogP contribution in [0.15, 0.2) is 18.3 Å². The van der Waals surface area contributed by atoms with E-state index in [1.165, 1.54) is 0 Å². The van der Waals surface area contributed by atoms with Crippen molar-refractivity contribution in [3.8, 4) is 0 Å². The molecule has 18 heavy (non-hydrogen) atoms. The lowest BCUT2D eigenvalue weighted by molar-refractivity contribution is -0.132. The monoisotopic (exact) mass is 248 g/mol. The highest BCUT2D eigenvalue weighted by Gasteiger charge is 2.23. The Labute approximate surface area is 108 Å². The van der Waals surface area contributed by atoms with Crippen molar-refractivity contribution >= 4 is 5.91 Å². The molecule has 0 spiro atoms. The molecule has 4 nitrogen and oxygen atoms in total. The first kappa shape index (κ1) is 13.0. The molecule has 98 valence electrons. The number of aryl methyl sites for hydroxylation is 1. The number of rotatable bonds is 3. The van der Waals surface area contributed by atoms with Crippen LogP contribution in [0.25, 0.3) is 0 Å². The second kappa shape index (κ2) is 5.96. The number of hydrogen-bond donors (Lipinski definition) is 1. The summed E-state index contributed by atoms with van der Waals surface area (Å²) < 4.78 is 0. The molecular weight excluding hydrogens is 228 g/mol. The zero-order valence-electron chi connectivity index (χ0n) is 10.8. The molecule has 0 aromatic carbocycles. The summed E-state index contributed by atoms with van der Waals surface area (Å²) in [4.78, 5) is 18.3. The van der Waals surface area contributed by atoms with Gasteiger partial charge in [0.05, 0.1) is 12.1 Å². The SMILES string of the molecule is Cc1cccnc1CC(=O)N1CCCC(CO)C1. The van der Waals surface area contributed by atoms with E-state index in [9.17, 15) is 9.90 Å². The molecule has 2 rings (SSSR count). The summed E-state index contributed by atoms with van der Waals surface area (Å²) in [7, 11) is 0. The summed E-state index contributed by atoms with van der Waals surface area (Å²) in [6.07, 6.45) is 4.09. The Balaban J connectivity index is 1.97. The molecule has 1 aromatic rings. The van der Waals surface area contributed by atoms with Crippen LogP contribution < -0.4 is 0 Å². The maximum atomic E-state index is 12.2. The largest absolute Gasteiger partial charge is 0.396 e. The van der Waals surface area contributed by atoms with E-state index in [1.54, 1.807) is 6.20 Å².